The van der Waals surface area contributed by atoms with E-state index in [1.165, 1.54) is 0 Å². The number of nitrogens with one attached hydrogen (secondary N) is 1. The van der Waals surface area contributed by atoms with E-state index < -0.39 is 30.6 Å². The molecule has 0 spiro atoms. The Bertz CT molecular complexity index is 477. The average Bonchev–Trinajstić information content (AvgIpc) is 2.35. The monoisotopic (exact) mass is 439 g/mol. The van der Waals surface area contributed by atoms with E-state index in [1.807, 2.05) is 6.92 Å². The van der Waals surface area contributed by atoms with Gasteiger partial charge in [-0.1, -0.05) is 38.8 Å². The summed E-state index contributed by atoms with van der Waals surface area (Å²) >= 11 is 6.67. The Labute approximate surface area is 132 Å². The van der Waals surface area contributed by atoms with Gasteiger partial charge < -0.3 is 0 Å². The Morgan fingerprint density at radius 2 is 1.68 bits per heavy atom. The van der Waals surface area contributed by atoms with Gasteiger partial charge in [0.05, 0.1) is 22.3 Å². The molecule has 5 nitrogen and oxygen atoms in total. The highest BCUT2D eigenvalue weighted by Crippen LogP contribution is 2.24. The topological polar surface area (TPSA) is 80.3 Å². The first-order valence-corrected chi connectivity index (χ1v) is 11.7. The van der Waals surface area contributed by atoms with Crippen LogP contribution in [0.1, 0.15) is 26.2 Å². The first-order valence-electron chi connectivity index (χ1n) is 6.05. The summed E-state index contributed by atoms with van der Waals surface area (Å²) in [6, 6.07) is 0. The molecule has 0 aliphatic carbocycles. The van der Waals surface area contributed by atoms with E-state index >= 15 is 0 Å². The predicted molar refractivity (Wildman–Crippen MR) is 84.3 cm³/mol. The largest absolute Gasteiger partial charge is 0.229 e. The van der Waals surface area contributed by atoms with Crippen molar-refractivity contribution in [3.8, 4) is 0 Å². The zero-order chi connectivity index (χ0) is 14.7. The van der Waals surface area contributed by atoms with Crippen LogP contribution in [0.15, 0.2) is 0 Å². The van der Waals surface area contributed by atoms with E-state index in [1.54, 1.807) is 0 Å². The summed E-state index contributed by atoms with van der Waals surface area (Å²) in [5.41, 5.74) is -0.560. The standard InChI is InChI=1S/C10H19Br2NO4S2/c1-2-10(7-11,8-12)13-19(16,17)9-3-5-18(14,15)6-4-9/h9,13H,2-8H2,1H3. The maximum Gasteiger partial charge on any atom is 0.215 e. The number of rotatable bonds is 6. The van der Waals surface area contributed by atoms with Crippen LogP contribution in [0.4, 0.5) is 0 Å². The van der Waals surface area contributed by atoms with Crippen molar-refractivity contribution in [1.29, 1.82) is 0 Å². The summed E-state index contributed by atoms with van der Waals surface area (Å²) < 4.78 is 50.1. The molecule has 0 aromatic rings. The van der Waals surface area contributed by atoms with Crippen LogP contribution in [0.3, 0.4) is 0 Å². The van der Waals surface area contributed by atoms with Gasteiger partial charge in [0.1, 0.15) is 9.84 Å². The fourth-order valence-electron chi connectivity index (χ4n) is 1.92. The van der Waals surface area contributed by atoms with E-state index in [2.05, 4.69) is 36.6 Å². The van der Waals surface area contributed by atoms with Gasteiger partial charge in [-0.05, 0) is 19.3 Å². The molecule has 0 aromatic carbocycles. The molecular weight excluding hydrogens is 422 g/mol. The SMILES string of the molecule is CCC(CBr)(CBr)NS(=O)(=O)C1CCS(=O)(=O)CC1. The van der Waals surface area contributed by atoms with E-state index in [4.69, 9.17) is 0 Å². The molecule has 0 saturated carbocycles. The van der Waals surface area contributed by atoms with Crippen molar-refractivity contribution in [2.45, 2.75) is 37.0 Å². The van der Waals surface area contributed by atoms with Crippen LogP contribution in [0.25, 0.3) is 0 Å². The van der Waals surface area contributed by atoms with Crippen LogP contribution in [0.5, 0.6) is 0 Å². The second-order valence-electron chi connectivity index (χ2n) is 4.90. The summed E-state index contributed by atoms with van der Waals surface area (Å²) in [4.78, 5) is 0. The van der Waals surface area contributed by atoms with Crippen molar-refractivity contribution in [2.75, 3.05) is 22.2 Å². The lowest BCUT2D eigenvalue weighted by atomic mass is 10.0. The number of hydrogen-bond donors (Lipinski definition) is 1. The van der Waals surface area contributed by atoms with Crippen molar-refractivity contribution in [2.24, 2.45) is 0 Å². The Hall–Kier alpha value is 0.820. The first kappa shape index (κ1) is 17.9. The summed E-state index contributed by atoms with van der Waals surface area (Å²) in [5, 5.41) is 0.401. The predicted octanol–water partition coefficient (Wildman–Crippen LogP) is 1.42. The molecule has 0 radical (unpaired) electrons. The van der Waals surface area contributed by atoms with E-state index in [0.717, 1.165) is 0 Å². The Morgan fingerprint density at radius 3 is 2.05 bits per heavy atom. The maximum absolute atomic E-state index is 12.3. The number of halogens is 2. The fraction of sp³-hybridized carbons (Fsp3) is 1.00. The second kappa shape index (κ2) is 6.72. The zero-order valence-corrected chi connectivity index (χ0v) is 15.5. The van der Waals surface area contributed by atoms with Crippen molar-refractivity contribution < 1.29 is 16.8 Å². The molecule has 1 aliphatic heterocycles. The third-order valence-corrected chi connectivity index (χ3v) is 9.42. The lowest BCUT2D eigenvalue weighted by Crippen LogP contribution is -2.54. The van der Waals surface area contributed by atoms with Crippen molar-refractivity contribution in [3.63, 3.8) is 0 Å². The van der Waals surface area contributed by atoms with Gasteiger partial charge in [-0.25, -0.2) is 21.6 Å². The fourth-order valence-corrected chi connectivity index (χ4v) is 7.99. The number of sulfonamides is 1. The van der Waals surface area contributed by atoms with Crippen molar-refractivity contribution in [1.82, 2.24) is 4.72 Å². The van der Waals surface area contributed by atoms with E-state index in [-0.39, 0.29) is 24.3 Å². The maximum atomic E-state index is 12.3. The van der Waals surface area contributed by atoms with Crippen molar-refractivity contribution >= 4 is 51.7 Å². The molecule has 0 aromatic heterocycles. The molecule has 1 rings (SSSR count). The minimum Gasteiger partial charge on any atom is -0.229 e. The van der Waals surface area contributed by atoms with Crippen molar-refractivity contribution in [3.05, 3.63) is 0 Å². The van der Waals surface area contributed by atoms with Gasteiger partial charge in [-0.15, -0.1) is 0 Å². The normalized spacial score (nSPS) is 21.4. The van der Waals surface area contributed by atoms with Crippen LogP contribution in [0.2, 0.25) is 0 Å². The van der Waals surface area contributed by atoms with E-state index in [0.29, 0.717) is 17.1 Å². The third kappa shape index (κ3) is 4.66. The van der Waals surface area contributed by atoms with Gasteiger partial charge in [0.25, 0.3) is 0 Å². The quantitative estimate of drug-likeness (QED) is 0.633. The second-order valence-corrected chi connectivity index (χ2v) is 10.3. The number of sulfone groups is 1. The molecule has 1 saturated heterocycles. The molecule has 1 heterocycles. The molecule has 0 bridgehead atoms. The van der Waals surface area contributed by atoms with Crippen LogP contribution < -0.4 is 4.72 Å². The minimum absolute atomic E-state index is 0.0413. The molecule has 19 heavy (non-hydrogen) atoms. The molecule has 9 heteroatoms. The van der Waals surface area contributed by atoms with Gasteiger partial charge in [0, 0.05) is 10.7 Å². The highest BCUT2D eigenvalue weighted by atomic mass is 79.9. The highest BCUT2D eigenvalue weighted by Gasteiger charge is 2.38. The summed E-state index contributed by atoms with van der Waals surface area (Å²) in [7, 11) is -6.55. The van der Waals surface area contributed by atoms with E-state index in [9.17, 15) is 16.8 Å². The average molecular weight is 441 g/mol. The highest BCUT2D eigenvalue weighted by molar-refractivity contribution is 9.09. The molecule has 0 amide bonds. The van der Waals surface area contributed by atoms with Crippen LogP contribution in [0, 0.1) is 0 Å². The first-order chi connectivity index (χ1) is 8.70. The third-order valence-electron chi connectivity index (χ3n) is 3.49. The van der Waals surface area contributed by atoms with Gasteiger partial charge >= 0.3 is 0 Å². The zero-order valence-electron chi connectivity index (χ0n) is 10.7. The summed E-state index contributed by atoms with van der Waals surface area (Å²) in [5.74, 6) is -0.0827. The summed E-state index contributed by atoms with van der Waals surface area (Å²) in [6.07, 6.45) is 1.01. The smallest absolute Gasteiger partial charge is 0.215 e. The molecule has 1 aliphatic rings. The molecule has 1 N–H and O–H groups in total. The summed E-state index contributed by atoms with van der Waals surface area (Å²) in [6.45, 7) is 1.91. The number of hydrogen-bond acceptors (Lipinski definition) is 4. The Kier molecular flexibility index (Phi) is 6.32. The van der Waals surface area contributed by atoms with Gasteiger partial charge in [-0.3, -0.25) is 0 Å². The minimum atomic E-state index is -3.50. The molecular formula is C10H19Br2NO4S2. The number of alkyl halides is 2. The van der Waals surface area contributed by atoms with Gasteiger partial charge in [0.15, 0.2) is 0 Å². The lowest BCUT2D eigenvalue weighted by molar-refractivity contribution is 0.451. The van der Waals surface area contributed by atoms with Crippen LogP contribution >= 0.6 is 31.9 Å². The molecule has 1 fully saturated rings. The molecule has 0 atom stereocenters. The van der Waals surface area contributed by atoms with Crippen LogP contribution in [-0.4, -0.2) is 49.8 Å². The Balaban J connectivity index is 2.82. The molecule has 0 unspecified atom stereocenters. The van der Waals surface area contributed by atoms with Gasteiger partial charge in [-0.2, -0.15) is 0 Å². The van der Waals surface area contributed by atoms with Crippen LogP contribution in [-0.2, 0) is 19.9 Å². The lowest BCUT2D eigenvalue weighted by Gasteiger charge is -2.32. The molecule has 114 valence electrons. The Morgan fingerprint density at radius 1 is 1.21 bits per heavy atom. The van der Waals surface area contributed by atoms with Gasteiger partial charge in [0.2, 0.25) is 10.0 Å².